The number of carbonyl (C=O) groups is 1. The lowest BCUT2D eigenvalue weighted by molar-refractivity contribution is -0.384. The van der Waals surface area contributed by atoms with Crippen molar-refractivity contribution in [3.63, 3.8) is 0 Å². The summed E-state index contributed by atoms with van der Waals surface area (Å²) in [5.41, 5.74) is -0.646. The molecule has 1 amide bonds. The average Bonchev–Trinajstić information content (AvgIpc) is 2.53. The van der Waals surface area contributed by atoms with E-state index in [2.05, 4.69) is 5.32 Å². The molecule has 0 heterocycles. The molecule has 2 N–H and O–H groups in total. The number of benzene rings is 2. The molecule has 2 aromatic carbocycles. The van der Waals surface area contributed by atoms with Crippen molar-refractivity contribution in [2.75, 3.05) is 6.54 Å². The van der Waals surface area contributed by atoms with Gasteiger partial charge >= 0.3 is 0 Å². The lowest BCUT2D eigenvalue weighted by Crippen LogP contribution is -2.38. The lowest BCUT2D eigenvalue weighted by atomic mass is 9.96. The zero-order valence-corrected chi connectivity index (χ0v) is 13.1. The molecule has 1 atom stereocenters. The van der Waals surface area contributed by atoms with Gasteiger partial charge in [-0.15, -0.1) is 0 Å². The Morgan fingerprint density at radius 2 is 1.96 bits per heavy atom. The summed E-state index contributed by atoms with van der Waals surface area (Å²) in [6, 6.07) is 12.7. The summed E-state index contributed by atoms with van der Waals surface area (Å²) >= 11 is 5.78. The number of amides is 1. The minimum absolute atomic E-state index is 0.00947. The summed E-state index contributed by atoms with van der Waals surface area (Å²) in [6.07, 6.45) is 0. The third-order valence-electron chi connectivity index (χ3n) is 3.40. The molecule has 0 spiro atoms. The van der Waals surface area contributed by atoms with E-state index in [9.17, 15) is 20.0 Å². The minimum Gasteiger partial charge on any atom is -0.384 e. The Balaban J connectivity index is 2.08. The van der Waals surface area contributed by atoms with Gasteiger partial charge in [-0.25, -0.2) is 0 Å². The van der Waals surface area contributed by atoms with Crippen molar-refractivity contribution in [2.24, 2.45) is 0 Å². The van der Waals surface area contributed by atoms with Crippen molar-refractivity contribution >= 4 is 23.2 Å². The second-order valence-corrected chi connectivity index (χ2v) is 5.65. The summed E-state index contributed by atoms with van der Waals surface area (Å²) < 4.78 is 0. The van der Waals surface area contributed by atoms with E-state index in [1.165, 1.54) is 18.2 Å². The van der Waals surface area contributed by atoms with Gasteiger partial charge in [-0.1, -0.05) is 41.9 Å². The molecule has 1 unspecified atom stereocenters. The number of nitro groups is 1. The Hall–Kier alpha value is -2.44. The van der Waals surface area contributed by atoms with Crippen LogP contribution in [-0.2, 0) is 5.60 Å². The average molecular weight is 335 g/mol. The van der Waals surface area contributed by atoms with Crippen LogP contribution in [0.2, 0.25) is 5.02 Å². The Morgan fingerprint density at radius 3 is 2.52 bits per heavy atom. The van der Waals surface area contributed by atoms with E-state index in [4.69, 9.17) is 11.6 Å². The van der Waals surface area contributed by atoms with Crippen LogP contribution in [0.3, 0.4) is 0 Å². The van der Waals surface area contributed by atoms with Gasteiger partial charge in [0.2, 0.25) is 0 Å². The van der Waals surface area contributed by atoms with Crippen molar-refractivity contribution in [2.45, 2.75) is 12.5 Å². The highest BCUT2D eigenvalue weighted by Crippen LogP contribution is 2.25. The van der Waals surface area contributed by atoms with Crippen molar-refractivity contribution < 1.29 is 14.8 Å². The molecule has 0 radical (unpaired) electrons. The van der Waals surface area contributed by atoms with E-state index in [1.54, 1.807) is 31.2 Å². The largest absolute Gasteiger partial charge is 0.384 e. The first kappa shape index (κ1) is 16.9. The van der Waals surface area contributed by atoms with E-state index in [1.807, 2.05) is 6.07 Å². The van der Waals surface area contributed by atoms with Gasteiger partial charge in [-0.2, -0.15) is 0 Å². The first-order valence-corrected chi connectivity index (χ1v) is 7.19. The van der Waals surface area contributed by atoms with Crippen molar-refractivity contribution in [3.8, 4) is 0 Å². The summed E-state index contributed by atoms with van der Waals surface area (Å²) in [7, 11) is 0. The number of carbonyl (C=O) groups excluding carboxylic acids is 1. The molecule has 0 bridgehead atoms. The number of hydrogen-bond acceptors (Lipinski definition) is 4. The molecule has 0 saturated heterocycles. The predicted molar refractivity (Wildman–Crippen MR) is 86.5 cm³/mol. The molecule has 2 rings (SSSR count). The van der Waals surface area contributed by atoms with Gasteiger partial charge < -0.3 is 10.4 Å². The fourth-order valence-electron chi connectivity index (χ4n) is 2.05. The second-order valence-electron chi connectivity index (χ2n) is 5.25. The van der Waals surface area contributed by atoms with Crippen LogP contribution in [0.1, 0.15) is 22.8 Å². The van der Waals surface area contributed by atoms with Crippen molar-refractivity contribution in [1.29, 1.82) is 0 Å². The maximum atomic E-state index is 12.1. The molecule has 7 heteroatoms. The van der Waals surface area contributed by atoms with Crippen LogP contribution in [0.15, 0.2) is 48.5 Å². The highest BCUT2D eigenvalue weighted by atomic mass is 35.5. The number of aliphatic hydroxyl groups is 1. The van der Waals surface area contributed by atoms with Crippen LogP contribution >= 0.6 is 11.6 Å². The highest BCUT2D eigenvalue weighted by molar-refractivity contribution is 6.33. The number of nitrogens with zero attached hydrogens (tertiary/aromatic N) is 1. The van der Waals surface area contributed by atoms with Crippen molar-refractivity contribution in [3.05, 3.63) is 74.8 Å². The maximum absolute atomic E-state index is 12.1. The van der Waals surface area contributed by atoms with Crippen LogP contribution in [0, 0.1) is 10.1 Å². The normalized spacial score (nSPS) is 13.2. The van der Waals surface area contributed by atoms with Crippen LogP contribution in [0.5, 0.6) is 0 Å². The molecule has 23 heavy (non-hydrogen) atoms. The molecule has 0 saturated carbocycles. The first-order valence-electron chi connectivity index (χ1n) is 6.81. The fourth-order valence-corrected chi connectivity index (χ4v) is 2.30. The number of rotatable bonds is 5. The molecule has 0 aliphatic rings. The Bertz CT molecular complexity index is 732. The SMILES string of the molecule is CC(O)(CNC(=O)c1ccc([N+](=O)[O-])c(Cl)c1)c1ccccc1. The molecule has 0 fully saturated rings. The topological polar surface area (TPSA) is 92.5 Å². The van der Waals surface area contributed by atoms with Gasteiger partial charge in [-0.05, 0) is 24.6 Å². The van der Waals surface area contributed by atoms with Gasteiger partial charge in [-0.3, -0.25) is 14.9 Å². The van der Waals surface area contributed by atoms with E-state index in [-0.39, 0.29) is 22.8 Å². The molecule has 6 nitrogen and oxygen atoms in total. The maximum Gasteiger partial charge on any atom is 0.287 e. The lowest BCUT2D eigenvalue weighted by Gasteiger charge is -2.24. The van der Waals surface area contributed by atoms with Gasteiger partial charge in [0, 0.05) is 11.6 Å². The number of nitro benzene ring substituents is 1. The molecule has 0 aliphatic carbocycles. The monoisotopic (exact) mass is 334 g/mol. The van der Waals surface area contributed by atoms with Crippen LogP contribution in [0.25, 0.3) is 0 Å². The number of halogens is 1. The quantitative estimate of drug-likeness (QED) is 0.649. The standard InChI is InChI=1S/C16H15ClN2O4/c1-16(21,12-5-3-2-4-6-12)10-18-15(20)11-7-8-14(19(22)23)13(17)9-11/h2-9,21H,10H2,1H3,(H,18,20). The van der Waals surface area contributed by atoms with E-state index in [0.29, 0.717) is 5.56 Å². The summed E-state index contributed by atoms with van der Waals surface area (Å²) in [5, 5.41) is 23.6. The first-order chi connectivity index (χ1) is 10.8. The molecule has 0 aliphatic heterocycles. The van der Waals surface area contributed by atoms with E-state index in [0.717, 1.165) is 0 Å². The summed E-state index contributed by atoms with van der Waals surface area (Å²) in [6.45, 7) is 1.58. The van der Waals surface area contributed by atoms with Crippen LogP contribution < -0.4 is 5.32 Å². The Labute approximate surface area is 137 Å². The zero-order valence-electron chi connectivity index (χ0n) is 12.3. The van der Waals surface area contributed by atoms with Gasteiger partial charge in [0.05, 0.1) is 11.5 Å². The number of hydrogen-bond donors (Lipinski definition) is 2. The molecular formula is C16H15ClN2O4. The van der Waals surface area contributed by atoms with Crippen LogP contribution in [0.4, 0.5) is 5.69 Å². The van der Waals surface area contributed by atoms with Gasteiger partial charge in [0.1, 0.15) is 10.6 Å². The third kappa shape index (κ3) is 4.06. The third-order valence-corrected chi connectivity index (χ3v) is 3.70. The smallest absolute Gasteiger partial charge is 0.287 e. The summed E-state index contributed by atoms with van der Waals surface area (Å²) in [4.78, 5) is 22.2. The fraction of sp³-hybridized carbons (Fsp3) is 0.188. The Kier molecular flexibility index (Phi) is 4.98. The second kappa shape index (κ2) is 6.76. The van der Waals surface area contributed by atoms with E-state index < -0.39 is 16.4 Å². The number of nitrogens with one attached hydrogen (secondary N) is 1. The van der Waals surface area contributed by atoms with E-state index >= 15 is 0 Å². The molecular weight excluding hydrogens is 320 g/mol. The predicted octanol–water partition coefficient (Wildman–Crippen LogP) is 2.89. The van der Waals surface area contributed by atoms with Crippen LogP contribution in [-0.4, -0.2) is 22.5 Å². The van der Waals surface area contributed by atoms with Crippen molar-refractivity contribution in [1.82, 2.24) is 5.32 Å². The molecule has 120 valence electrons. The zero-order chi connectivity index (χ0) is 17.0. The molecule has 2 aromatic rings. The molecule has 0 aromatic heterocycles. The van der Waals surface area contributed by atoms with Gasteiger partial charge in [0.25, 0.3) is 11.6 Å². The Morgan fingerprint density at radius 1 is 1.30 bits per heavy atom. The summed E-state index contributed by atoms with van der Waals surface area (Å²) in [5.74, 6) is -0.474. The minimum atomic E-state index is -1.23. The highest BCUT2D eigenvalue weighted by Gasteiger charge is 2.24. The van der Waals surface area contributed by atoms with Gasteiger partial charge in [0.15, 0.2) is 0 Å².